The standard InChI is InChI=1S/C9H3ClFN/c10-9-7(4-2-6-12)3-1-5-8(9)11/h1,3,5H. The third-order valence-corrected chi connectivity index (χ3v) is 1.59. The molecule has 0 aliphatic heterocycles. The average molecular weight is 180 g/mol. The van der Waals surface area contributed by atoms with Gasteiger partial charge in [0.25, 0.3) is 0 Å². The maximum absolute atomic E-state index is 12.7. The Kier molecular flexibility index (Phi) is 2.69. The van der Waals surface area contributed by atoms with E-state index >= 15 is 0 Å². The predicted octanol–water partition coefficient (Wildman–Crippen LogP) is 2.35. The van der Waals surface area contributed by atoms with E-state index in [1.54, 1.807) is 12.1 Å². The van der Waals surface area contributed by atoms with Crippen LogP contribution in [0.4, 0.5) is 4.39 Å². The lowest BCUT2D eigenvalue weighted by molar-refractivity contribution is 0.628. The van der Waals surface area contributed by atoms with Gasteiger partial charge in [0, 0.05) is 11.5 Å². The Bertz CT molecular complexity index is 395. The zero-order valence-electron chi connectivity index (χ0n) is 5.94. The van der Waals surface area contributed by atoms with E-state index in [2.05, 4.69) is 11.8 Å². The van der Waals surface area contributed by atoms with Crippen LogP contribution in [0.5, 0.6) is 0 Å². The highest BCUT2D eigenvalue weighted by Gasteiger charge is 2.01. The monoisotopic (exact) mass is 179 g/mol. The molecule has 0 atom stereocenters. The summed E-state index contributed by atoms with van der Waals surface area (Å²) < 4.78 is 12.7. The Morgan fingerprint density at radius 2 is 2.17 bits per heavy atom. The molecule has 1 nitrogen and oxygen atoms in total. The summed E-state index contributed by atoms with van der Waals surface area (Å²) in [6, 6.07) is 5.90. The van der Waals surface area contributed by atoms with E-state index in [0.717, 1.165) is 0 Å². The Balaban J connectivity index is 3.19. The molecule has 58 valence electrons. The Hall–Kier alpha value is -1.51. The normalized spacial score (nSPS) is 8.08. The van der Waals surface area contributed by atoms with Crippen molar-refractivity contribution >= 4 is 11.6 Å². The second-order valence-electron chi connectivity index (χ2n) is 1.96. The maximum atomic E-state index is 12.7. The number of rotatable bonds is 0. The molecule has 0 saturated carbocycles. The lowest BCUT2D eigenvalue weighted by atomic mass is 10.2. The van der Waals surface area contributed by atoms with E-state index in [4.69, 9.17) is 16.9 Å². The van der Waals surface area contributed by atoms with Crippen molar-refractivity contribution in [1.82, 2.24) is 0 Å². The van der Waals surface area contributed by atoms with Gasteiger partial charge in [0.05, 0.1) is 5.02 Å². The molecule has 1 aromatic carbocycles. The summed E-state index contributed by atoms with van der Waals surface area (Å²) in [7, 11) is 0. The predicted molar refractivity (Wildman–Crippen MR) is 43.9 cm³/mol. The zero-order chi connectivity index (χ0) is 8.97. The third kappa shape index (κ3) is 1.75. The van der Waals surface area contributed by atoms with Crippen LogP contribution >= 0.6 is 11.6 Å². The van der Waals surface area contributed by atoms with Gasteiger partial charge in [-0.2, -0.15) is 5.26 Å². The second kappa shape index (κ2) is 3.76. The van der Waals surface area contributed by atoms with Crippen molar-refractivity contribution in [3.63, 3.8) is 0 Å². The highest BCUT2D eigenvalue weighted by Crippen LogP contribution is 2.18. The maximum Gasteiger partial charge on any atom is 0.152 e. The highest BCUT2D eigenvalue weighted by atomic mass is 35.5. The first-order valence-electron chi connectivity index (χ1n) is 3.10. The number of benzene rings is 1. The lowest BCUT2D eigenvalue weighted by Crippen LogP contribution is -1.81. The quantitative estimate of drug-likeness (QED) is 0.561. The fourth-order valence-electron chi connectivity index (χ4n) is 0.696. The fraction of sp³-hybridized carbons (Fsp3) is 0. The van der Waals surface area contributed by atoms with E-state index < -0.39 is 5.82 Å². The first kappa shape index (κ1) is 8.59. The topological polar surface area (TPSA) is 23.8 Å². The van der Waals surface area contributed by atoms with Crippen LogP contribution in [0.3, 0.4) is 0 Å². The molecule has 0 spiro atoms. The summed E-state index contributed by atoms with van der Waals surface area (Å²) in [6.07, 6.45) is 0. The van der Waals surface area contributed by atoms with Crippen LogP contribution in [0.15, 0.2) is 18.2 Å². The molecular formula is C9H3ClFN. The number of hydrogen-bond donors (Lipinski definition) is 0. The van der Waals surface area contributed by atoms with E-state index in [9.17, 15) is 4.39 Å². The van der Waals surface area contributed by atoms with Crippen molar-refractivity contribution in [2.24, 2.45) is 0 Å². The molecule has 1 rings (SSSR count). The van der Waals surface area contributed by atoms with Gasteiger partial charge in [0.2, 0.25) is 0 Å². The third-order valence-electron chi connectivity index (χ3n) is 1.20. The molecule has 0 saturated heterocycles. The fourth-order valence-corrected chi connectivity index (χ4v) is 0.869. The summed E-state index contributed by atoms with van der Waals surface area (Å²) in [6.45, 7) is 0. The SMILES string of the molecule is N#CC#Cc1cccc(F)c1Cl. The van der Waals surface area contributed by atoms with Crippen LogP contribution < -0.4 is 0 Å². The minimum atomic E-state index is -0.526. The van der Waals surface area contributed by atoms with E-state index in [0.29, 0.717) is 5.56 Å². The summed E-state index contributed by atoms with van der Waals surface area (Å²) >= 11 is 5.54. The smallest absolute Gasteiger partial charge is 0.152 e. The molecule has 12 heavy (non-hydrogen) atoms. The number of halogens is 2. The molecule has 0 bridgehead atoms. The van der Waals surface area contributed by atoms with Gasteiger partial charge in [-0.15, -0.1) is 0 Å². The Morgan fingerprint density at radius 1 is 1.42 bits per heavy atom. The first-order valence-corrected chi connectivity index (χ1v) is 3.47. The lowest BCUT2D eigenvalue weighted by Gasteiger charge is -1.94. The first-order chi connectivity index (χ1) is 5.75. The molecule has 0 aliphatic rings. The van der Waals surface area contributed by atoms with Gasteiger partial charge in [-0.1, -0.05) is 17.7 Å². The molecule has 3 heteroatoms. The molecule has 0 fully saturated rings. The van der Waals surface area contributed by atoms with Crippen LogP contribution in [-0.4, -0.2) is 0 Å². The molecule has 0 aliphatic carbocycles. The molecule has 0 amide bonds. The van der Waals surface area contributed by atoms with Crippen LogP contribution in [-0.2, 0) is 0 Å². The van der Waals surface area contributed by atoms with E-state index in [1.807, 2.05) is 0 Å². The average Bonchev–Trinajstić information content (AvgIpc) is 2.08. The molecule has 0 unspecified atom stereocenters. The summed E-state index contributed by atoms with van der Waals surface area (Å²) in [4.78, 5) is 0. The molecule has 1 aromatic rings. The summed E-state index contributed by atoms with van der Waals surface area (Å²) in [5.41, 5.74) is 0.332. The minimum absolute atomic E-state index is 0.0414. The van der Waals surface area contributed by atoms with Gasteiger partial charge in [-0.3, -0.25) is 0 Å². The van der Waals surface area contributed by atoms with Gasteiger partial charge in [0.15, 0.2) is 6.07 Å². The van der Waals surface area contributed by atoms with E-state index in [-0.39, 0.29) is 5.02 Å². The molecule has 0 aromatic heterocycles. The van der Waals surface area contributed by atoms with Gasteiger partial charge < -0.3 is 0 Å². The highest BCUT2D eigenvalue weighted by molar-refractivity contribution is 6.31. The van der Waals surface area contributed by atoms with Crippen molar-refractivity contribution in [2.45, 2.75) is 0 Å². The van der Waals surface area contributed by atoms with Crippen LogP contribution in [0, 0.1) is 29.0 Å². The number of nitriles is 1. The molecule has 0 heterocycles. The van der Waals surface area contributed by atoms with Crippen molar-refractivity contribution in [2.75, 3.05) is 0 Å². The Morgan fingerprint density at radius 3 is 2.83 bits per heavy atom. The van der Waals surface area contributed by atoms with Gasteiger partial charge in [-0.25, -0.2) is 4.39 Å². The molecule has 0 radical (unpaired) electrons. The number of nitrogens with zero attached hydrogens (tertiary/aromatic N) is 1. The minimum Gasteiger partial charge on any atom is -0.205 e. The largest absolute Gasteiger partial charge is 0.205 e. The van der Waals surface area contributed by atoms with E-state index in [1.165, 1.54) is 12.1 Å². The van der Waals surface area contributed by atoms with Gasteiger partial charge >= 0.3 is 0 Å². The van der Waals surface area contributed by atoms with Crippen LogP contribution in [0.25, 0.3) is 0 Å². The van der Waals surface area contributed by atoms with Crippen LogP contribution in [0.2, 0.25) is 5.02 Å². The van der Waals surface area contributed by atoms with Gasteiger partial charge in [-0.05, 0) is 18.1 Å². The molecular weight excluding hydrogens is 177 g/mol. The van der Waals surface area contributed by atoms with Crippen molar-refractivity contribution in [3.8, 4) is 17.9 Å². The second-order valence-corrected chi connectivity index (χ2v) is 2.34. The van der Waals surface area contributed by atoms with Gasteiger partial charge in [0.1, 0.15) is 5.82 Å². The summed E-state index contributed by atoms with van der Waals surface area (Å²) in [5, 5.41) is 8.09. The summed E-state index contributed by atoms with van der Waals surface area (Å²) in [5.74, 6) is 4.03. The number of hydrogen-bond acceptors (Lipinski definition) is 1. The molecule has 0 N–H and O–H groups in total. The van der Waals surface area contributed by atoms with Crippen molar-refractivity contribution in [3.05, 3.63) is 34.6 Å². The van der Waals surface area contributed by atoms with Crippen molar-refractivity contribution < 1.29 is 4.39 Å². The van der Waals surface area contributed by atoms with Crippen LogP contribution in [0.1, 0.15) is 5.56 Å². The van der Waals surface area contributed by atoms with Crippen molar-refractivity contribution in [1.29, 1.82) is 5.26 Å². The zero-order valence-corrected chi connectivity index (χ0v) is 6.69. The Labute approximate surface area is 74.4 Å².